The van der Waals surface area contributed by atoms with E-state index >= 15 is 0 Å². The maximum atomic E-state index is 3.45. The molecule has 0 spiro atoms. The Labute approximate surface area is 107 Å². The van der Waals surface area contributed by atoms with Crippen LogP contribution in [-0.2, 0) is 0 Å². The predicted octanol–water partition coefficient (Wildman–Crippen LogP) is 3.20. The Morgan fingerprint density at radius 2 is 1.94 bits per heavy atom. The fourth-order valence-corrected chi connectivity index (χ4v) is 5.68. The monoisotopic (exact) mass is 249 g/mol. The molecule has 2 heteroatoms. The van der Waals surface area contributed by atoms with Crippen LogP contribution in [0.5, 0.6) is 0 Å². The second-order valence-corrected chi connectivity index (χ2v) is 7.59. The molecule has 0 radical (unpaired) electrons. The van der Waals surface area contributed by atoms with Gasteiger partial charge in [0.05, 0.1) is 0 Å². The molecule has 4 atom stereocenters. The Kier molecular flexibility index (Phi) is 4.59. The predicted molar refractivity (Wildman–Crippen MR) is 78.6 cm³/mol. The van der Waals surface area contributed by atoms with Gasteiger partial charge >= 0.3 is 0 Å². The van der Waals surface area contributed by atoms with Crippen molar-refractivity contribution in [3.8, 4) is 0 Å². The Bertz CT molecular complexity index is 338. The fraction of sp³-hybridized carbons (Fsp3) is 0.600. The third-order valence-electron chi connectivity index (χ3n) is 4.29. The maximum absolute atomic E-state index is 3.45. The molecule has 1 aromatic carbocycles. The van der Waals surface area contributed by atoms with E-state index in [-0.39, 0.29) is 7.92 Å². The molecule has 0 heterocycles. The Morgan fingerprint density at radius 1 is 1.24 bits per heavy atom. The van der Waals surface area contributed by atoms with Crippen molar-refractivity contribution in [2.45, 2.75) is 37.9 Å². The summed E-state index contributed by atoms with van der Waals surface area (Å²) in [6.07, 6.45) is 4.25. The van der Waals surface area contributed by atoms with E-state index in [0.717, 1.165) is 11.6 Å². The molecule has 1 saturated carbocycles. The average Bonchev–Trinajstić information content (AvgIpc) is 2.87. The first-order chi connectivity index (χ1) is 8.24. The summed E-state index contributed by atoms with van der Waals surface area (Å²) in [5.74, 6) is 0.872. The van der Waals surface area contributed by atoms with Gasteiger partial charge in [0.1, 0.15) is 0 Å². The number of nitrogens with one attached hydrogen (secondary N) is 1. The zero-order valence-corrected chi connectivity index (χ0v) is 12.1. The lowest BCUT2D eigenvalue weighted by Gasteiger charge is -2.30. The summed E-state index contributed by atoms with van der Waals surface area (Å²) in [7, 11) is 2.10. The van der Waals surface area contributed by atoms with E-state index in [0.29, 0.717) is 6.04 Å². The van der Waals surface area contributed by atoms with Crippen LogP contribution in [0.1, 0.15) is 26.2 Å². The summed E-state index contributed by atoms with van der Waals surface area (Å²) in [4.78, 5) is 0. The van der Waals surface area contributed by atoms with E-state index in [1.807, 2.05) is 0 Å². The van der Waals surface area contributed by atoms with Gasteiger partial charge in [-0.15, -0.1) is 0 Å². The average molecular weight is 249 g/mol. The molecule has 0 aliphatic heterocycles. The second-order valence-electron chi connectivity index (χ2n) is 5.19. The normalized spacial score (nSPS) is 27.9. The van der Waals surface area contributed by atoms with Crippen LogP contribution < -0.4 is 10.6 Å². The largest absolute Gasteiger partial charge is 0.317 e. The van der Waals surface area contributed by atoms with Gasteiger partial charge in [-0.05, 0) is 50.4 Å². The lowest BCUT2D eigenvalue weighted by atomic mass is 10.00. The van der Waals surface area contributed by atoms with Gasteiger partial charge < -0.3 is 5.32 Å². The van der Waals surface area contributed by atoms with E-state index < -0.39 is 0 Å². The van der Waals surface area contributed by atoms with E-state index in [2.05, 4.69) is 56.3 Å². The lowest BCUT2D eigenvalue weighted by molar-refractivity contribution is 0.410. The molecule has 94 valence electrons. The molecule has 0 saturated heterocycles. The van der Waals surface area contributed by atoms with Crippen LogP contribution in [0.4, 0.5) is 0 Å². The second kappa shape index (κ2) is 5.98. The van der Waals surface area contributed by atoms with Gasteiger partial charge in [0.25, 0.3) is 0 Å². The minimum atomic E-state index is 0.00572. The standard InChI is InChI=1S/C15H24NP/c1-12(16-2)14-10-7-11-15(14)17(3)13-8-5-4-6-9-13/h4-6,8-9,12,14-16H,7,10-11H2,1-3H3/t12-,14?,15?,17?/m1/s1. The van der Waals surface area contributed by atoms with Crippen molar-refractivity contribution in [1.29, 1.82) is 0 Å². The molecule has 1 fully saturated rings. The molecule has 2 rings (SSSR count). The Balaban J connectivity index is 2.11. The number of hydrogen-bond acceptors (Lipinski definition) is 1. The van der Waals surface area contributed by atoms with Crippen LogP contribution in [0.3, 0.4) is 0 Å². The fourth-order valence-electron chi connectivity index (χ4n) is 3.10. The third-order valence-corrected chi connectivity index (χ3v) is 7.04. The summed E-state index contributed by atoms with van der Waals surface area (Å²) >= 11 is 0. The first-order valence-corrected chi connectivity index (χ1v) is 8.55. The SMILES string of the molecule is CN[C@H](C)C1CCCC1P(C)c1ccccc1. The van der Waals surface area contributed by atoms with Crippen molar-refractivity contribution in [2.24, 2.45) is 5.92 Å². The summed E-state index contributed by atoms with van der Waals surface area (Å²) in [6.45, 7) is 4.81. The van der Waals surface area contributed by atoms with Gasteiger partial charge in [-0.1, -0.05) is 44.7 Å². The molecule has 3 unspecified atom stereocenters. The summed E-state index contributed by atoms with van der Waals surface area (Å²) in [5.41, 5.74) is 0.912. The van der Waals surface area contributed by atoms with Gasteiger partial charge in [0.15, 0.2) is 0 Å². The Hall–Kier alpha value is -0.390. The molecule has 0 aromatic heterocycles. The highest BCUT2D eigenvalue weighted by Gasteiger charge is 2.34. The van der Waals surface area contributed by atoms with E-state index in [9.17, 15) is 0 Å². The highest BCUT2D eigenvalue weighted by atomic mass is 31.1. The van der Waals surface area contributed by atoms with Gasteiger partial charge in [-0.3, -0.25) is 0 Å². The smallest absolute Gasteiger partial charge is 0.00701 e. The van der Waals surface area contributed by atoms with Crippen LogP contribution in [0.2, 0.25) is 0 Å². The van der Waals surface area contributed by atoms with Crippen molar-refractivity contribution >= 4 is 13.2 Å². The summed E-state index contributed by atoms with van der Waals surface area (Å²) in [6, 6.07) is 11.8. The lowest BCUT2D eigenvalue weighted by Crippen LogP contribution is -2.35. The highest BCUT2D eigenvalue weighted by molar-refractivity contribution is 7.65. The van der Waals surface area contributed by atoms with Gasteiger partial charge in [0, 0.05) is 6.04 Å². The van der Waals surface area contributed by atoms with Crippen molar-refractivity contribution in [3.63, 3.8) is 0 Å². The molecular formula is C15H24NP. The molecule has 1 N–H and O–H groups in total. The minimum absolute atomic E-state index is 0.00572. The van der Waals surface area contributed by atoms with Gasteiger partial charge in [0.2, 0.25) is 0 Å². The number of benzene rings is 1. The van der Waals surface area contributed by atoms with E-state index in [1.54, 1.807) is 5.30 Å². The first kappa shape index (κ1) is 13.1. The number of hydrogen-bond donors (Lipinski definition) is 1. The van der Waals surface area contributed by atoms with Crippen molar-refractivity contribution in [1.82, 2.24) is 5.32 Å². The van der Waals surface area contributed by atoms with Crippen LogP contribution in [0, 0.1) is 5.92 Å². The van der Waals surface area contributed by atoms with E-state index in [1.165, 1.54) is 19.3 Å². The van der Waals surface area contributed by atoms with Crippen molar-refractivity contribution < 1.29 is 0 Å². The molecule has 1 aliphatic carbocycles. The van der Waals surface area contributed by atoms with Crippen LogP contribution in [0.25, 0.3) is 0 Å². The van der Waals surface area contributed by atoms with Crippen LogP contribution in [0.15, 0.2) is 30.3 Å². The quantitative estimate of drug-likeness (QED) is 0.808. The molecule has 0 bridgehead atoms. The van der Waals surface area contributed by atoms with Crippen molar-refractivity contribution in [3.05, 3.63) is 30.3 Å². The van der Waals surface area contributed by atoms with Gasteiger partial charge in [-0.25, -0.2) is 0 Å². The molecule has 17 heavy (non-hydrogen) atoms. The zero-order chi connectivity index (χ0) is 12.3. The van der Waals surface area contributed by atoms with E-state index in [4.69, 9.17) is 0 Å². The van der Waals surface area contributed by atoms with Crippen LogP contribution >= 0.6 is 7.92 Å². The number of rotatable bonds is 4. The molecule has 1 aromatic rings. The van der Waals surface area contributed by atoms with Gasteiger partial charge in [-0.2, -0.15) is 0 Å². The molecular weight excluding hydrogens is 225 g/mol. The minimum Gasteiger partial charge on any atom is -0.317 e. The molecule has 1 aliphatic rings. The summed E-state index contributed by atoms with van der Waals surface area (Å²) in [5, 5.41) is 5.03. The third kappa shape index (κ3) is 2.89. The maximum Gasteiger partial charge on any atom is 0.00701 e. The first-order valence-electron chi connectivity index (χ1n) is 6.69. The Morgan fingerprint density at radius 3 is 2.59 bits per heavy atom. The topological polar surface area (TPSA) is 12.0 Å². The summed E-state index contributed by atoms with van der Waals surface area (Å²) < 4.78 is 0. The molecule has 1 nitrogen and oxygen atoms in total. The van der Waals surface area contributed by atoms with Crippen molar-refractivity contribution in [2.75, 3.05) is 13.7 Å². The molecule has 0 amide bonds. The zero-order valence-electron chi connectivity index (χ0n) is 11.2. The van der Waals surface area contributed by atoms with Crippen LogP contribution in [-0.4, -0.2) is 25.4 Å². The highest BCUT2D eigenvalue weighted by Crippen LogP contribution is 2.49.